The molecule has 0 saturated carbocycles. The Labute approximate surface area is 91.9 Å². The molecule has 3 heterocycles. The molecular formula is C11H12N4O. The quantitative estimate of drug-likeness (QED) is 0.737. The van der Waals surface area contributed by atoms with Crippen molar-refractivity contribution in [3.8, 4) is 0 Å². The van der Waals surface area contributed by atoms with Crippen molar-refractivity contribution in [1.29, 1.82) is 0 Å². The van der Waals surface area contributed by atoms with Crippen LogP contribution in [-0.2, 0) is 0 Å². The van der Waals surface area contributed by atoms with Gasteiger partial charge in [-0.3, -0.25) is 4.79 Å². The van der Waals surface area contributed by atoms with Crippen LogP contribution in [0.25, 0.3) is 11.0 Å². The predicted octanol–water partition coefficient (Wildman–Crippen LogP) is 0.743. The zero-order valence-corrected chi connectivity index (χ0v) is 8.73. The Kier molecular flexibility index (Phi) is 2.18. The third kappa shape index (κ3) is 1.49. The number of H-pyrrole nitrogens is 1. The lowest BCUT2D eigenvalue weighted by molar-refractivity contribution is 0.605. The highest BCUT2D eigenvalue weighted by atomic mass is 16.1. The molecule has 0 radical (unpaired) electrons. The predicted molar refractivity (Wildman–Crippen MR) is 60.1 cm³/mol. The van der Waals surface area contributed by atoms with Crippen molar-refractivity contribution < 1.29 is 0 Å². The van der Waals surface area contributed by atoms with Crippen molar-refractivity contribution in [3.63, 3.8) is 0 Å². The highest BCUT2D eigenvalue weighted by Crippen LogP contribution is 2.19. The largest absolute Gasteiger partial charge is 0.309 e. The SMILES string of the molecule is O=c1[nH]c(C2CCCN2)nc2ncccc12. The Morgan fingerprint density at radius 1 is 1.44 bits per heavy atom. The first-order chi connectivity index (χ1) is 7.84. The van der Waals surface area contributed by atoms with Gasteiger partial charge in [-0.2, -0.15) is 0 Å². The zero-order valence-electron chi connectivity index (χ0n) is 8.73. The van der Waals surface area contributed by atoms with Gasteiger partial charge in [-0.05, 0) is 31.5 Å². The van der Waals surface area contributed by atoms with Crippen molar-refractivity contribution in [1.82, 2.24) is 20.3 Å². The fourth-order valence-electron chi connectivity index (χ4n) is 2.07. The number of nitrogens with one attached hydrogen (secondary N) is 2. The molecular weight excluding hydrogens is 204 g/mol. The summed E-state index contributed by atoms with van der Waals surface area (Å²) in [5.41, 5.74) is 0.414. The molecule has 16 heavy (non-hydrogen) atoms. The second-order valence-corrected chi connectivity index (χ2v) is 3.97. The Morgan fingerprint density at radius 3 is 3.19 bits per heavy atom. The van der Waals surface area contributed by atoms with E-state index in [0.29, 0.717) is 16.9 Å². The van der Waals surface area contributed by atoms with Crippen LogP contribution in [0.2, 0.25) is 0 Å². The van der Waals surface area contributed by atoms with Gasteiger partial charge in [0.15, 0.2) is 5.65 Å². The van der Waals surface area contributed by atoms with E-state index < -0.39 is 0 Å². The fourth-order valence-corrected chi connectivity index (χ4v) is 2.07. The third-order valence-corrected chi connectivity index (χ3v) is 2.89. The van der Waals surface area contributed by atoms with Crippen molar-refractivity contribution in [2.45, 2.75) is 18.9 Å². The Morgan fingerprint density at radius 2 is 2.38 bits per heavy atom. The summed E-state index contributed by atoms with van der Waals surface area (Å²) in [6, 6.07) is 3.64. The van der Waals surface area contributed by atoms with Crippen LogP contribution in [0.15, 0.2) is 23.1 Å². The maximum atomic E-state index is 11.8. The minimum absolute atomic E-state index is 0.109. The van der Waals surface area contributed by atoms with Crippen LogP contribution in [0.5, 0.6) is 0 Å². The molecule has 5 heteroatoms. The molecule has 2 N–H and O–H groups in total. The smallest absolute Gasteiger partial charge is 0.260 e. The lowest BCUT2D eigenvalue weighted by Crippen LogP contribution is -2.20. The first-order valence-corrected chi connectivity index (χ1v) is 5.43. The van der Waals surface area contributed by atoms with E-state index in [2.05, 4.69) is 20.3 Å². The van der Waals surface area contributed by atoms with Crippen molar-refractivity contribution in [3.05, 3.63) is 34.5 Å². The molecule has 1 saturated heterocycles. The van der Waals surface area contributed by atoms with Gasteiger partial charge in [0, 0.05) is 6.20 Å². The minimum Gasteiger partial charge on any atom is -0.309 e. The summed E-state index contributed by atoms with van der Waals surface area (Å²) in [6.07, 6.45) is 3.79. The lowest BCUT2D eigenvalue weighted by atomic mass is 10.2. The maximum absolute atomic E-state index is 11.8. The van der Waals surface area contributed by atoms with E-state index in [1.165, 1.54) is 0 Å². The Bertz CT molecular complexity index is 571. The molecule has 0 aromatic carbocycles. The van der Waals surface area contributed by atoms with Crippen LogP contribution in [0, 0.1) is 0 Å². The Hall–Kier alpha value is -1.75. The van der Waals surface area contributed by atoms with Crippen LogP contribution in [0.1, 0.15) is 24.7 Å². The van der Waals surface area contributed by atoms with E-state index in [4.69, 9.17) is 0 Å². The summed E-state index contributed by atoms with van der Waals surface area (Å²) < 4.78 is 0. The summed E-state index contributed by atoms with van der Waals surface area (Å²) in [6.45, 7) is 0.981. The number of fused-ring (bicyclic) bond motifs is 1. The molecule has 0 amide bonds. The average molecular weight is 216 g/mol. The molecule has 1 fully saturated rings. The molecule has 2 aromatic heterocycles. The average Bonchev–Trinajstić information content (AvgIpc) is 2.82. The van der Waals surface area contributed by atoms with Crippen LogP contribution >= 0.6 is 0 Å². The molecule has 1 aliphatic rings. The van der Waals surface area contributed by atoms with E-state index >= 15 is 0 Å². The van der Waals surface area contributed by atoms with E-state index in [1.807, 2.05) is 0 Å². The number of pyridine rings is 1. The van der Waals surface area contributed by atoms with Gasteiger partial charge >= 0.3 is 0 Å². The van der Waals surface area contributed by atoms with Crippen LogP contribution in [0.4, 0.5) is 0 Å². The molecule has 2 aromatic rings. The number of hydrogen-bond acceptors (Lipinski definition) is 4. The standard InChI is InChI=1S/C11H12N4O/c16-11-7-3-1-6-13-9(7)14-10(15-11)8-4-2-5-12-8/h1,3,6,8,12H,2,4-5H2,(H,13,14,15,16). The van der Waals surface area contributed by atoms with Crippen LogP contribution < -0.4 is 10.9 Å². The van der Waals surface area contributed by atoms with Gasteiger partial charge in [-0.25, -0.2) is 9.97 Å². The molecule has 1 unspecified atom stereocenters. The van der Waals surface area contributed by atoms with E-state index in [9.17, 15) is 4.79 Å². The summed E-state index contributed by atoms with van der Waals surface area (Å²) in [5, 5.41) is 3.85. The van der Waals surface area contributed by atoms with Crippen molar-refractivity contribution in [2.75, 3.05) is 6.54 Å². The minimum atomic E-state index is -0.109. The normalized spacial score (nSPS) is 20.4. The fraction of sp³-hybridized carbons (Fsp3) is 0.364. The first kappa shape index (κ1) is 9.47. The van der Waals surface area contributed by atoms with E-state index in [1.54, 1.807) is 18.3 Å². The third-order valence-electron chi connectivity index (χ3n) is 2.89. The molecule has 82 valence electrons. The second kappa shape index (κ2) is 3.68. The molecule has 1 aliphatic heterocycles. The highest BCUT2D eigenvalue weighted by molar-refractivity contribution is 5.72. The van der Waals surface area contributed by atoms with Crippen LogP contribution in [-0.4, -0.2) is 21.5 Å². The summed E-state index contributed by atoms with van der Waals surface area (Å²) in [7, 11) is 0. The molecule has 0 bridgehead atoms. The zero-order chi connectivity index (χ0) is 11.0. The van der Waals surface area contributed by atoms with Crippen molar-refractivity contribution >= 4 is 11.0 Å². The van der Waals surface area contributed by atoms with Gasteiger partial charge in [-0.15, -0.1) is 0 Å². The molecule has 3 rings (SSSR count). The van der Waals surface area contributed by atoms with Gasteiger partial charge in [0.25, 0.3) is 5.56 Å². The van der Waals surface area contributed by atoms with E-state index in [-0.39, 0.29) is 11.6 Å². The van der Waals surface area contributed by atoms with E-state index in [0.717, 1.165) is 19.4 Å². The van der Waals surface area contributed by atoms with Gasteiger partial charge < -0.3 is 10.3 Å². The lowest BCUT2D eigenvalue weighted by Gasteiger charge is -2.09. The second-order valence-electron chi connectivity index (χ2n) is 3.97. The highest BCUT2D eigenvalue weighted by Gasteiger charge is 2.19. The number of hydrogen-bond donors (Lipinski definition) is 2. The summed E-state index contributed by atoms with van der Waals surface area (Å²) in [5.74, 6) is 0.703. The van der Waals surface area contributed by atoms with Gasteiger partial charge in [0.2, 0.25) is 0 Å². The number of aromatic nitrogens is 3. The topological polar surface area (TPSA) is 70.7 Å². The van der Waals surface area contributed by atoms with Gasteiger partial charge in [0.1, 0.15) is 5.82 Å². The molecule has 0 aliphatic carbocycles. The molecule has 1 atom stereocenters. The van der Waals surface area contributed by atoms with Gasteiger partial charge in [-0.1, -0.05) is 0 Å². The van der Waals surface area contributed by atoms with Crippen LogP contribution in [0.3, 0.4) is 0 Å². The van der Waals surface area contributed by atoms with Gasteiger partial charge in [0.05, 0.1) is 11.4 Å². The Balaban J connectivity index is 2.17. The molecule has 5 nitrogen and oxygen atoms in total. The number of aromatic amines is 1. The number of nitrogens with zero attached hydrogens (tertiary/aromatic N) is 2. The summed E-state index contributed by atoms with van der Waals surface area (Å²) >= 11 is 0. The van der Waals surface area contributed by atoms with Crippen molar-refractivity contribution in [2.24, 2.45) is 0 Å². The maximum Gasteiger partial charge on any atom is 0.260 e. The summed E-state index contributed by atoms with van der Waals surface area (Å²) in [4.78, 5) is 23.1. The monoisotopic (exact) mass is 216 g/mol. The first-order valence-electron chi connectivity index (χ1n) is 5.43. The molecule has 0 spiro atoms. The number of rotatable bonds is 1.